The average Bonchev–Trinajstić information content (AvgIpc) is 3.62. The lowest BCUT2D eigenvalue weighted by Gasteiger charge is -2.34. The van der Waals surface area contributed by atoms with Crippen LogP contribution in [0.4, 0.5) is 5.69 Å². The molecule has 2 aliphatic rings. The Kier molecular flexibility index (Phi) is 5.94. The highest BCUT2D eigenvalue weighted by atomic mass is 16.2. The van der Waals surface area contributed by atoms with Gasteiger partial charge in [0, 0.05) is 55.2 Å². The van der Waals surface area contributed by atoms with E-state index in [1.807, 2.05) is 29.2 Å². The zero-order chi connectivity index (χ0) is 22.9. The third kappa shape index (κ3) is 4.67. The second-order valence-corrected chi connectivity index (χ2v) is 9.37. The van der Waals surface area contributed by atoms with Crippen LogP contribution in [-0.4, -0.2) is 58.9 Å². The highest BCUT2D eigenvalue weighted by Gasteiger charge is 2.30. The molecule has 1 aliphatic carbocycles. The summed E-state index contributed by atoms with van der Waals surface area (Å²) in [4.78, 5) is 30.2. The molecular weight excluding hydrogens is 412 g/mol. The van der Waals surface area contributed by atoms with Crippen LogP contribution in [0.2, 0.25) is 0 Å². The van der Waals surface area contributed by atoms with Crippen LogP contribution in [0.1, 0.15) is 41.4 Å². The van der Waals surface area contributed by atoms with Crippen LogP contribution >= 0.6 is 0 Å². The number of benzene rings is 2. The van der Waals surface area contributed by atoms with Crippen molar-refractivity contribution in [1.29, 1.82) is 0 Å². The van der Waals surface area contributed by atoms with Gasteiger partial charge >= 0.3 is 0 Å². The van der Waals surface area contributed by atoms with E-state index in [0.29, 0.717) is 12.2 Å². The molecule has 1 N–H and O–H groups in total. The van der Waals surface area contributed by atoms with Crippen molar-refractivity contribution in [2.75, 3.05) is 38.0 Å². The molecule has 0 bridgehead atoms. The molecule has 2 aromatic carbocycles. The summed E-state index contributed by atoms with van der Waals surface area (Å²) in [6.45, 7) is 9.24. The SMILES string of the molecule is CCN1CCN(C(=O)c2cc3cc(NC(=O)C4CC4)ccc3n2Cc2cccc(C)c2)CC1. The molecule has 6 nitrogen and oxygen atoms in total. The minimum atomic E-state index is 0.0816. The first-order chi connectivity index (χ1) is 16.0. The predicted molar refractivity (Wildman–Crippen MR) is 132 cm³/mol. The Morgan fingerprint density at radius 1 is 1.00 bits per heavy atom. The average molecular weight is 445 g/mol. The van der Waals surface area contributed by atoms with Gasteiger partial charge in [0.25, 0.3) is 5.91 Å². The summed E-state index contributed by atoms with van der Waals surface area (Å²) in [6, 6.07) is 16.4. The first-order valence-electron chi connectivity index (χ1n) is 12.0. The second-order valence-electron chi connectivity index (χ2n) is 9.37. The summed E-state index contributed by atoms with van der Waals surface area (Å²) in [7, 11) is 0. The summed E-state index contributed by atoms with van der Waals surface area (Å²) in [5.74, 6) is 0.336. The van der Waals surface area contributed by atoms with E-state index in [9.17, 15) is 9.59 Å². The molecule has 1 saturated carbocycles. The number of aromatic nitrogens is 1. The van der Waals surface area contributed by atoms with Crippen LogP contribution in [0.15, 0.2) is 48.5 Å². The number of nitrogens with one attached hydrogen (secondary N) is 1. The maximum absolute atomic E-state index is 13.6. The summed E-state index contributed by atoms with van der Waals surface area (Å²) >= 11 is 0. The molecule has 1 aliphatic heterocycles. The number of amides is 2. The fourth-order valence-corrected chi connectivity index (χ4v) is 4.71. The first kappa shape index (κ1) is 21.7. The van der Waals surface area contributed by atoms with Crippen molar-refractivity contribution < 1.29 is 9.59 Å². The van der Waals surface area contributed by atoms with Gasteiger partial charge in [-0.1, -0.05) is 36.8 Å². The van der Waals surface area contributed by atoms with Gasteiger partial charge in [0.15, 0.2) is 0 Å². The van der Waals surface area contributed by atoms with E-state index in [-0.39, 0.29) is 17.7 Å². The lowest BCUT2D eigenvalue weighted by Crippen LogP contribution is -2.48. The number of carbonyl (C=O) groups excluding carboxylic acids is 2. The summed E-state index contributed by atoms with van der Waals surface area (Å²) in [6.07, 6.45) is 1.95. The fraction of sp³-hybridized carbons (Fsp3) is 0.407. The van der Waals surface area contributed by atoms with Crippen molar-refractivity contribution in [2.45, 2.75) is 33.2 Å². The van der Waals surface area contributed by atoms with E-state index in [0.717, 1.165) is 62.2 Å². The van der Waals surface area contributed by atoms with Gasteiger partial charge < -0.3 is 19.7 Å². The molecule has 2 heterocycles. The molecule has 0 atom stereocenters. The molecule has 5 rings (SSSR count). The van der Waals surface area contributed by atoms with Gasteiger partial charge in [-0.3, -0.25) is 9.59 Å². The van der Waals surface area contributed by atoms with Gasteiger partial charge in [0.05, 0.1) is 0 Å². The van der Waals surface area contributed by atoms with E-state index in [1.54, 1.807) is 0 Å². The number of hydrogen-bond acceptors (Lipinski definition) is 3. The Morgan fingerprint density at radius 2 is 1.79 bits per heavy atom. The number of nitrogens with zero attached hydrogens (tertiary/aromatic N) is 3. The van der Waals surface area contributed by atoms with Crippen LogP contribution in [0, 0.1) is 12.8 Å². The Balaban J connectivity index is 1.49. The molecule has 0 radical (unpaired) electrons. The standard InChI is InChI=1S/C27H32N4O2/c1-3-29-11-13-30(14-12-29)27(33)25-17-22-16-23(28-26(32)21-7-8-21)9-10-24(22)31(25)18-20-6-4-5-19(2)15-20/h4-6,9-10,15-17,21H,3,7-8,11-14,18H2,1-2H3,(H,28,32). The summed E-state index contributed by atoms with van der Waals surface area (Å²) in [5, 5.41) is 4.02. The Labute approximate surface area is 195 Å². The van der Waals surface area contributed by atoms with Gasteiger partial charge in [-0.15, -0.1) is 0 Å². The van der Waals surface area contributed by atoms with Crippen molar-refractivity contribution in [3.63, 3.8) is 0 Å². The third-order valence-corrected chi connectivity index (χ3v) is 6.87. The maximum Gasteiger partial charge on any atom is 0.270 e. The number of fused-ring (bicyclic) bond motifs is 1. The van der Waals surface area contributed by atoms with E-state index < -0.39 is 0 Å². The van der Waals surface area contributed by atoms with Crippen molar-refractivity contribution in [1.82, 2.24) is 14.4 Å². The van der Waals surface area contributed by atoms with Crippen LogP contribution < -0.4 is 5.32 Å². The van der Waals surface area contributed by atoms with Gasteiger partial charge in [-0.05, 0) is 56.1 Å². The van der Waals surface area contributed by atoms with Crippen molar-refractivity contribution >= 4 is 28.4 Å². The number of hydrogen-bond donors (Lipinski definition) is 1. The molecule has 2 fully saturated rings. The number of aryl methyl sites for hydroxylation is 1. The van der Waals surface area contributed by atoms with Gasteiger partial charge in [0.1, 0.15) is 5.69 Å². The van der Waals surface area contributed by atoms with Crippen LogP contribution in [0.3, 0.4) is 0 Å². The molecule has 0 unspecified atom stereocenters. The highest BCUT2D eigenvalue weighted by Crippen LogP contribution is 2.31. The molecule has 0 spiro atoms. The summed E-state index contributed by atoms with van der Waals surface area (Å²) < 4.78 is 2.13. The lowest BCUT2D eigenvalue weighted by atomic mass is 10.1. The molecule has 172 valence electrons. The number of piperazine rings is 1. The van der Waals surface area contributed by atoms with Gasteiger partial charge in [-0.2, -0.15) is 0 Å². The monoisotopic (exact) mass is 444 g/mol. The number of likely N-dealkylation sites (N-methyl/N-ethyl adjacent to an activating group) is 1. The normalized spacial score (nSPS) is 16.8. The summed E-state index contributed by atoms with van der Waals surface area (Å²) in [5.41, 5.74) is 4.89. The molecular formula is C27H32N4O2. The van der Waals surface area contributed by atoms with E-state index in [2.05, 4.69) is 52.9 Å². The van der Waals surface area contributed by atoms with Crippen molar-refractivity contribution in [3.8, 4) is 0 Å². The highest BCUT2D eigenvalue weighted by molar-refractivity contribution is 6.01. The van der Waals surface area contributed by atoms with Crippen molar-refractivity contribution in [3.05, 3.63) is 65.4 Å². The Bertz CT molecular complexity index is 1190. The lowest BCUT2D eigenvalue weighted by molar-refractivity contribution is -0.117. The zero-order valence-corrected chi connectivity index (χ0v) is 19.5. The van der Waals surface area contributed by atoms with E-state index in [4.69, 9.17) is 0 Å². The van der Waals surface area contributed by atoms with E-state index in [1.165, 1.54) is 11.1 Å². The maximum atomic E-state index is 13.6. The van der Waals surface area contributed by atoms with Gasteiger partial charge in [0.2, 0.25) is 5.91 Å². The molecule has 3 aromatic rings. The molecule has 1 aromatic heterocycles. The second kappa shape index (κ2) is 9.02. The topological polar surface area (TPSA) is 57.6 Å². The van der Waals surface area contributed by atoms with E-state index >= 15 is 0 Å². The van der Waals surface area contributed by atoms with Crippen molar-refractivity contribution in [2.24, 2.45) is 5.92 Å². The van der Waals surface area contributed by atoms with Crippen LogP contribution in [0.5, 0.6) is 0 Å². The predicted octanol–water partition coefficient (Wildman–Crippen LogP) is 4.12. The first-order valence-corrected chi connectivity index (χ1v) is 12.0. The van der Waals surface area contributed by atoms with Gasteiger partial charge in [-0.25, -0.2) is 0 Å². The Hall–Kier alpha value is -3.12. The van der Waals surface area contributed by atoms with Crippen LogP contribution in [-0.2, 0) is 11.3 Å². The largest absolute Gasteiger partial charge is 0.335 e. The van der Waals surface area contributed by atoms with Crippen LogP contribution in [0.25, 0.3) is 10.9 Å². The number of rotatable bonds is 6. The number of anilines is 1. The zero-order valence-electron chi connectivity index (χ0n) is 19.5. The number of carbonyl (C=O) groups is 2. The minimum absolute atomic E-state index is 0.0816. The smallest absolute Gasteiger partial charge is 0.270 e. The molecule has 2 amide bonds. The quantitative estimate of drug-likeness (QED) is 0.622. The molecule has 33 heavy (non-hydrogen) atoms. The Morgan fingerprint density at radius 3 is 2.48 bits per heavy atom. The third-order valence-electron chi connectivity index (χ3n) is 6.87. The minimum Gasteiger partial charge on any atom is -0.335 e. The molecule has 6 heteroatoms. The molecule has 1 saturated heterocycles. The fourth-order valence-electron chi connectivity index (χ4n) is 4.71.